The van der Waals surface area contributed by atoms with Gasteiger partial charge >= 0.3 is 0 Å². The van der Waals surface area contributed by atoms with Gasteiger partial charge in [-0.1, -0.05) is 6.07 Å². The van der Waals surface area contributed by atoms with Crippen molar-refractivity contribution < 1.29 is 22.7 Å². The number of piperidine rings is 1. The van der Waals surface area contributed by atoms with E-state index in [1.165, 1.54) is 23.5 Å². The monoisotopic (exact) mass is 605 g/mol. The second-order valence-corrected chi connectivity index (χ2v) is 13.2. The predicted octanol–water partition coefficient (Wildman–Crippen LogP) is 4.66. The molecule has 0 bridgehead atoms. The third-order valence-electron chi connectivity index (χ3n) is 7.09. The van der Waals surface area contributed by atoms with Crippen molar-refractivity contribution in [2.24, 2.45) is 11.7 Å². The summed E-state index contributed by atoms with van der Waals surface area (Å²) in [7, 11) is -3.34. The number of carbonyl (C=O) groups is 2. The minimum absolute atomic E-state index is 0.0714. The van der Waals surface area contributed by atoms with Crippen molar-refractivity contribution in [1.82, 2.24) is 14.9 Å². The first kappa shape index (κ1) is 29.4. The number of sulfone groups is 1. The zero-order valence-corrected chi connectivity index (χ0v) is 24.9. The highest BCUT2D eigenvalue weighted by Gasteiger charge is 2.23. The molecule has 3 N–H and O–H groups in total. The zero-order valence-electron chi connectivity index (χ0n) is 23.2. The number of pyridine rings is 1. The molecule has 1 aliphatic heterocycles. The molecular formula is C30H31N5O5S2. The van der Waals surface area contributed by atoms with Gasteiger partial charge in [0.25, 0.3) is 5.91 Å². The number of nitrogens with two attached hydrogens (primary N) is 1. The first-order valence-corrected chi connectivity index (χ1v) is 16.1. The topological polar surface area (TPSA) is 145 Å². The van der Waals surface area contributed by atoms with Gasteiger partial charge in [0.05, 0.1) is 16.3 Å². The summed E-state index contributed by atoms with van der Waals surface area (Å²) >= 11 is 1.34. The molecule has 0 saturated carbocycles. The number of hydrogen-bond acceptors (Lipinski definition) is 9. The number of nitrogens with one attached hydrogen (secondary N) is 1. The Morgan fingerprint density at radius 1 is 1.10 bits per heavy atom. The zero-order chi connectivity index (χ0) is 29.9. The van der Waals surface area contributed by atoms with Crippen molar-refractivity contribution in [1.29, 1.82) is 0 Å². The van der Waals surface area contributed by atoms with Crippen LogP contribution in [0.15, 0.2) is 71.1 Å². The maximum Gasteiger partial charge on any atom is 0.257 e. The minimum Gasteiger partial charge on any atom is -0.457 e. The summed E-state index contributed by atoms with van der Waals surface area (Å²) in [6, 6.07) is 15.0. The number of nitrogens with zero attached hydrogens (tertiary/aromatic N) is 3. The molecule has 5 rings (SSSR count). The summed E-state index contributed by atoms with van der Waals surface area (Å²) in [6.07, 6.45) is 4.31. The summed E-state index contributed by atoms with van der Waals surface area (Å²) in [5, 5.41) is 5.28. The maximum absolute atomic E-state index is 13.4. The lowest BCUT2D eigenvalue weighted by Crippen LogP contribution is -2.38. The van der Waals surface area contributed by atoms with Crippen LogP contribution in [0.2, 0.25) is 0 Å². The summed E-state index contributed by atoms with van der Waals surface area (Å²) in [5.41, 5.74) is 8.97. The van der Waals surface area contributed by atoms with E-state index in [1.807, 2.05) is 24.4 Å². The molecule has 1 aliphatic rings. The lowest BCUT2D eigenvalue weighted by molar-refractivity contribution is -0.123. The first-order valence-electron chi connectivity index (χ1n) is 13.4. The van der Waals surface area contributed by atoms with E-state index in [-0.39, 0.29) is 22.6 Å². The molecule has 0 unspecified atom stereocenters. The number of benzene rings is 2. The van der Waals surface area contributed by atoms with E-state index in [0.717, 1.165) is 43.4 Å². The molecule has 0 aliphatic carbocycles. The van der Waals surface area contributed by atoms with E-state index in [1.54, 1.807) is 36.5 Å². The van der Waals surface area contributed by atoms with Gasteiger partial charge in [-0.25, -0.2) is 13.4 Å². The molecule has 2 aromatic heterocycles. The lowest BCUT2D eigenvalue weighted by atomic mass is 9.96. The van der Waals surface area contributed by atoms with Crippen molar-refractivity contribution in [3.8, 4) is 22.8 Å². The van der Waals surface area contributed by atoms with Gasteiger partial charge in [0, 0.05) is 41.4 Å². The quantitative estimate of drug-likeness (QED) is 0.280. The Labute approximate surface area is 248 Å². The highest BCUT2D eigenvalue weighted by molar-refractivity contribution is 7.90. The number of ether oxygens (including phenoxy) is 1. The largest absolute Gasteiger partial charge is 0.457 e. The van der Waals surface area contributed by atoms with Gasteiger partial charge in [0.1, 0.15) is 11.5 Å². The molecule has 2 aromatic carbocycles. The molecule has 1 saturated heterocycles. The number of aryl methyl sites for hydroxylation is 1. The van der Waals surface area contributed by atoms with Crippen molar-refractivity contribution in [3.63, 3.8) is 0 Å². The first-order chi connectivity index (χ1) is 20.0. The Hall–Kier alpha value is -4.13. The molecule has 0 radical (unpaired) electrons. The SMILES string of the molecule is Cc1cccnc1-c1cc(Oc2ccc(S(C)(=O)=O)cc2)cc(C(=O)Nc2nc(CN3CCC(C(N)=O)CC3)cs2)c1. The Morgan fingerprint density at radius 3 is 2.50 bits per heavy atom. The number of likely N-dealkylation sites (tertiary alicyclic amines) is 1. The fourth-order valence-electron chi connectivity index (χ4n) is 4.82. The Bertz CT molecular complexity index is 1710. The van der Waals surface area contributed by atoms with E-state index < -0.39 is 9.84 Å². The van der Waals surface area contributed by atoms with Crippen LogP contribution in [-0.4, -0.2) is 54.4 Å². The van der Waals surface area contributed by atoms with Crippen LogP contribution in [-0.2, 0) is 21.2 Å². The number of carbonyl (C=O) groups excluding carboxylic acids is 2. The molecule has 42 heavy (non-hydrogen) atoms. The Morgan fingerprint density at radius 2 is 1.83 bits per heavy atom. The average Bonchev–Trinajstić information content (AvgIpc) is 3.39. The molecule has 10 nitrogen and oxygen atoms in total. The normalized spacial score (nSPS) is 14.4. The van der Waals surface area contributed by atoms with Crippen molar-refractivity contribution >= 4 is 38.1 Å². The summed E-state index contributed by atoms with van der Waals surface area (Å²) in [5.74, 6) is 0.153. The van der Waals surface area contributed by atoms with Crippen molar-refractivity contribution in [2.45, 2.75) is 31.2 Å². The molecule has 2 amide bonds. The third kappa shape index (κ3) is 7.19. The fraction of sp³-hybridized carbons (Fsp3) is 0.267. The highest BCUT2D eigenvalue weighted by Crippen LogP contribution is 2.31. The summed E-state index contributed by atoms with van der Waals surface area (Å²) in [4.78, 5) is 36.3. The average molecular weight is 606 g/mol. The van der Waals surface area contributed by atoms with Crippen LogP contribution in [0.1, 0.15) is 34.5 Å². The van der Waals surface area contributed by atoms with E-state index in [4.69, 9.17) is 10.5 Å². The van der Waals surface area contributed by atoms with Crippen LogP contribution in [0.4, 0.5) is 5.13 Å². The van der Waals surface area contributed by atoms with E-state index in [9.17, 15) is 18.0 Å². The molecule has 3 heterocycles. The summed E-state index contributed by atoms with van der Waals surface area (Å²) in [6.45, 7) is 4.11. The Balaban J connectivity index is 1.34. The van der Waals surface area contributed by atoms with Gasteiger partial charge in [-0.2, -0.15) is 0 Å². The standard InChI is InChI=1S/C30H31N5O5S2/c1-19-4-3-11-32-27(19)21-14-22(16-25(15-21)40-24-5-7-26(8-6-24)42(2,38)39)29(37)34-30-33-23(18-41-30)17-35-12-9-20(10-13-35)28(31)36/h3-8,11,14-16,18,20H,9-10,12-13,17H2,1-2H3,(H2,31,36)(H,33,34,37). The van der Waals surface area contributed by atoms with Gasteiger partial charge in [-0.15, -0.1) is 11.3 Å². The second kappa shape index (κ2) is 12.4. The van der Waals surface area contributed by atoms with Crippen LogP contribution in [0.3, 0.4) is 0 Å². The molecule has 4 aromatic rings. The molecule has 0 atom stereocenters. The van der Waals surface area contributed by atoms with Gasteiger partial charge < -0.3 is 10.5 Å². The van der Waals surface area contributed by atoms with Crippen LogP contribution in [0, 0.1) is 12.8 Å². The van der Waals surface area contributed by atoms with Crippen LogP contribution < -0.4 is 15.8 Å². The number of rotatable bonds is 9. The molecule has 0 spiro atoms. The van der Waals surface area contributed by atoms with Crippen LogP contribution >= 0.6 is 11.3 Å². The summed E-state index contributed by atoms with van der Waals surface area (Å²) < 4.78 is 29.7. The number of amides is 2. The van der Waals surface area contributed by atoms with Crippen molar-refractivity contribution in [2.75, 3.05) is 24.7 Å². The van der Waals surface area contributed by atoms with Gasteiger partial charge in [-0.05, 0) is 86.9 Å². The molecule has 218 valence electrons. The molecule has 12 heteroatoms. The van der Waals surface area contributed by atoms with E-state index >= 15 is 0 Å². The molecular weight excluding hydrogens is 574 g/mol. The number of hydrogen-bond donors (Lipinski definition) is 2. The number of anilines is 1. The number of aromatic nitrogens is 2. The van der Waals surface area contributed by atoms with E-state index in [0.29, 0.717) is 40.0 Å². The van der Waals surface area contributed by atoms with Crippen molar-refractivity contribution in [3.05, 3.63) is 83.0 Å². The smallest absolute Gasteiger partial charge is 0.257 e. The van der Waals surface area contributed by atoms with Gasteiger partial charge in [0.15, 0.2) is 15.0 Å². The Kier molecular flexibility index (Phi) is 8.66. The highest BCUT2D eigenvalue weighted by atomic mass is 32.2. The minimum atomic E-state index is -3.34. The lowest BCUT2D eigenvalue weighted by Gasteiger charge is -2.29. The number of thiazole rings is 1. The van der Waals surface area contributed by atoms with Gasteiger partial charge in [0.2, 0.25) is 5.91 Å². The van der Waals surface area contributed by atoms with Crippen LogP contribution in [0.5, 0.6) is 11.5 Å². The fourth-order valence-corrected chi connectivity index (χ4v) is 6.14. The predicted molar refractivity (Wildman–Crippen MR) is 161 cm³/mol. The molecule has 1 fully saturated rings. The van der Waals surface area contributed by atoms with Crippen LogP contribution in [0.25, 0.3) is 11.3 Å². The van der Waals surface area contributed by atoms with E-state index in [2.05, 4.69) is 20.2 Å². The number of primary amides is 1. The maximum atomic E-state index is 13.4. The van der Waals surface area contributed by atoms with Gasteiger partial charge in [-0.3, -0.25) is 24.8 Å². The third-order valence-corrected chi connectivity index (χ3v) is 9.02. The second-order valence-electron chi connectivity index (χ2n) is 10.3.